The molecule has 1 N–H and O–H groups in total. The van der Waals surface area contributed by atoms with Crippen molar-refractivity contribution in [3.05, 3.63) is 42.2 Å². The molecule has 0 radical (unpaired) electrons. The van der Waals surface area contributed by atoms with Crippen LogP contribution in [0.15, 0.2) is 41.6 Å². The minimum absolute atomic E-state index is 0.00474. The monoisotopic (exact) mass is 504 g/mol. The van der Waals surface area contributed by atoms with E-state index in [1.54, 1.807) is 9.29 Å². The maximum atomic E-state index is 13.2. The average Bonchev–Trinajstić information content (AvgIpc) is 3.40. The minimum Gasteiger partial charge on any atom is -0.321 e. The number of hydrogen-bond acceptors (Lipinski definition) is 4. The summed E-state index contributed by atoms with van der Waals surface area (Å²) >= 11 is 0. The summed E-state index contributed by atoms with van der Waals surface area (Å²) in [5, 5.41) is 0.262. The van der Waals surface area contributed by atoms with E-state index in [9.17, 15) is 34.8 Å². The Morgan fingerprint density at radius 3 is 2.21 bits per heavy atom. The van der Waals surface area contributed by atoms with Crippen molar-refractivity contribution in [3.63, 3.8) is 0 Å². The number of rotatable bonds is 5. The normalized spacial score (nSPS) is 18.8. The minimum atomic E-state index is -4.71. The predicted octanol–water partition coefficient (Wildman–Crippen LogP) is 5.22. The van der Waals surface area contributed by atoms with Crippen LogP contribution in [0.4, 0.5) is 26.3 Å². The first-order chi connectivity index (χ1) is 15.8. The highest BCUT2D eigenvalue weighted by molar-refractivity contribution is 7.89. The number of halogens is 6. The summed E-state index contributed by atoms with van der Waals surface area (Å²) in [5.74, 6) is 0. The molecule has 2 aliphatic rings. The van der Waals surface area contributed by atoms with Crippen LogP contribution in [0.5, 0.6) is 0 Å². The van der Waals surface area contributed by atoms with Gasteiger partial charge in [0.25, 0.3) is 0 Å². The standard InChI is InChI=1S/C21H18F6N4O2S/c22-20(23,24)13-8-12-9-17(31(14-2-1-3-14)18(12)29-10-13)16-5-4-15(11-28-16)34(32,33)30-19(6-7-19)21(25,26)27/h4-5,8-11,14,30H,1-3,6-7H2. The summed E-state index contributed by atoms with van der Waals surface area (Å²) in [6.07, 6.45) is -5.68. The van der Waals surface area contributed by atoms with E-state index < -0.39 is 38.4 Å². The molecule has 2 fully saturated rings. The number of aromatic nitrogens is 3. The molecule has 2 aliphatic carbocycles. The number of nitrogens with zero attached hydrogens (tertiary/aromatic N) is 3. The molecule has 0 amide bonds. The Hall–Kier alpha value is -2.67. The van der Waals surface area contributed by atoms with Crippen LogP contribution in [0.2, 0.25) is 0 Å². The molecule has 182 valence electrons. The number of sulfonamides is 1. The van der Waals surface area contributed by atoms with Gasteiger partial charge in [-0.25, -0.2) is 13.4 Å². The highest BCUT2D eigenvalue weighted by Gasteiger charge is 2.65. The average molecular weight is 504 g/mol. The first-order valence-electron chi connectivity index (χ1n) is 10.5. The highest BCUT2D eigenvalue weighted by Crippen LogP contribution is 2.49. The van der Waals surface area contributed by atoms with Gasteiger partial charge in [0.2, 0.25) is 10.0 Å². The highest BCUT2D eigenvalue weighted by atomic mass is 32.2. The van der Waals surface area contributed by atoms with Gasteiger partial charge in [-0.2, -0.15) is 31.1 Å². The molecular formula is C21H18F6N4O2S. The molecule has 3 heterocycles. The Morgan fingerprint density at radius 2 is 1.71 bits per heavy atom. The van der Waals surface area contributed by atoms with Crippen LogP contribution < -0.4 is 4.72 Å². The van der Waals surface area contributed by atoms with Crippen molar-refractivity contribution in [2.75, 3.05) is 0 Å². The molecule has 5 rings (SSSR count). The van der Waals surface area contributed by atoms with Crippen LogP contribution in [-0.2, 0) is 16.2 Å². The third kappa shape index (κ3) is 3.84. The Balaban J connectivity index is 1.51. The topological polar surface area (TPSA) is 76.9 Å². The lowest BCUT2D eigenvalue weighted by molar-refractivity contribution is -0.160. The van der Waals surface area contributed by atoms with Crippen molar-refractivity contribution in [3.8, 4) is 11.4 Å². The quantitative estimate of drug-likeness (QED) is 0.484. The van der Waals surface area contributed by atoms with E-state index in [2.05, 4.69) is 9.97 Å². The molecule has 0 bridgehead atoms. The van der Waals surface area contributed by atoms with E-state index >= 15 is 0 Å². The maximum Gasteiger partial charge on any atom is 0.417 e. The van der Waals surface area contributed by atoms with Gasteiger partial charge in [0.15, 0.2) is 0 Å². The van der Waals surface area contributed by atoms with Crippen molar-refractivity contribution in [1.82, 2.24) is 19.3 Å². The van der Waals surface area contributed by atoms with Crippen molar-refractivity contribution >= 4 is 21.1 Å². The second kappa shape index (κ2) is 7.41. The van der Waals surface area contributed by atoms with Crippen LogP contribution in [0.1, 0.15) is 43.7 Å². The van der Waals surface area contributed by atoms with E-state index in [4.69, 9.17) is 0 Å². The summed E-state index contributed by atoms with van der Waals surface area (Å²) in [5.41, 5.74) is -2.26. The second-order valence-corrected chi connectivity index (χ2v) is 10.4. The van der Waals surface area contributed by atoms with Gasteiger partial charge in [-0.05, 0) is 56.4 Å². The molecule has 0 unspecified atom stereocenters. The van der Waals surface area contributed by atoms with Gasteiger partial charge in [0.1, 0.15) is 16.1 Å². The molecule has 0 aromatic carbocycles. The lowest BCUT2D eigenvalue weighted by atomic mass is 9.92. The predicted molar refractivity (Wildman–Crippen MR) is 109 cm³/mol. The fourth-order valence-corrected chi connectivity index (χ4v) is 5.45. The number of pyridine rings is 2. The van der Waals surface area contributed by atoms with E-state index in [0.717, 1.165) is 43.8 Å². The summed E-state index contributed by atoms with van der Waals surface area (Å²) in [4.78, 5) is 7.72. The number of hydrogen-bond donors (Lipinski definition) is 1. The largest absolute Gasteiger partial charge is 0.417 e. The van der Waals surface area contributed by atoms with Crippen LogP contribution >= 0.6 is 0 Å². The first-order valence-corrected chi connectivity index (χ1v) is 11.9. The lowest BCUT2D eigenvalue weighted by Gasteiger charge is -2.29. The van der Waals surface area contributed by atoms with Gasteiger partial charge in [-0.15, -0.1) is 0 Å². The Bertz CT molecular complexity index is 1350. The molecule has 6 nitrogen and oxygen atoms in total. The van der Waals surface area contributed by atoms with Crippen molar-refractivity contribution in [2.24, 2.45) is 0 Å². The van der Waals surface area contributed by atoms with Gasteiger partial charge < -0.3 is 4.57 Å². The zero-order chi connectivity index (χ0) is 24.5. The zero-order valence-electron chi connectivity index (χ0n) is 17.4. The van der Waals surface area contributed by atoms with Gasteiger partial charge in [0, 0.05) is 23.8 Å². The Labute approximate surface area is 190 Å². The van der Waals surface area contributed by atoms with Crippen LogP contribution in [0.3, 0.4) is 0 Å². The third-order valence-corrected chi connectivity index (χ3v) is 7.90. The molecule has 3 aromatic rings. The zero-order valence-corrected chi connectivity index (χ0v) is 18.2. The van der Waals surface area contributed by atoms with E-state index in [1.807, 2.05) is 0 Å². The Morgan fingerprint density at radius 1 is 1.00 bits per heavy atom. The van der Waals surface area contributed by atoms with Crippen LogP contribution in [-0.4, -0.2) is 34.7 Å². The summed E-state index contributed by atoms with van der Waals surface area (Å²) in [6, 6.07) is 4.97. The van der Waals surface area contributed by atoms with E-state index in [-0.39, 0.29) is 30.0 Å². The fraction of sp³-hybridized carbons (Fsp3) is 0.429. The van der Waals surface area contributed by atoms with Crippen LogP contribution in [0.25, 0.3) is 22.4 Å². The number of alkyl halides is 6. The molecule has 0 aliphatic heterocycles. The summed E-state index contributed by atoms with van der Waals surface area (Å²) in [6.45, 7) is 0. The molecule has 0 atom stereocenters. The third-order valence-electron chi connectivity index (χ3n) is 6.37. The molecule has 3 aromatic heterocycles. The maximum absolute atomic E-state index is 13.2. The van der Waals surface area contributed by atoms with E-state index in [1.165, 1.54) is 12.1 Å². The molecule has 34 heavy (non-hydrogen) atoms. The summed E-state index contributed by atoms with van der Waals surface area (Å²) < 4.78 is 107. The Kier molecular flexibility index (Phi) is 5.03. The molecule has 0 spiro atoms. The molecule has 2 saturated carbocycles. The molecule has 13 heteroatoms. The van der Waals surface area contributed by atoms with Gasteiger partial charge in [-0.3, -0.25) is 4.98 Å². The molecule has 0 saturated heterocycles. The SMILES string of the molecule is O=S(=O)(NC1(C(F)(F)F)CC1)c1ccc(-c2cc3cc(C(F)(F)F)cnc3n2C2CCC2)nc1. The van der Waals surface area contributed by atoms with Crippen LogP contribution in [0, 0.1) is 0 Å². The van der Waals surface area contributed by atoms with Gasteiger partial charge in [0.05, 0.1) is 17.0 Å². The van der Waals surface area contributed by atoms with Gasteiger partial charge in [-0.1, -0.05) is 0 Å². The van der Waals surface area contributed by atoms with Gasteiger partial charge >= 0.3 is 12.4 Å². The van der Waals surface area contributed by atoms with Crippen molar-refractivity contribution < 1.29 is 34.8 Å². The smallest absolute Gasteiger partial charge is 0.321 e. The number of fused-ring (bicyclic) bond motifs is 1. The number of nitrogens with one attached hydrogen (secondary N) is 1. The summed E-state index contributed by atoms with van der Waals surface area (Å²) in [7, 11) is -4.48. The lowest BCUT2D eigenvalue weighted by Crippen LogP contribution is -2.47. The van der Waals surface area contributed by atoms with E-state index in [0.29, 0.717) is 11.3 Å². The second-order valence-electron chi connectivity index (χ2n) is 8.68. The molecular weight excluding hydrogens is 486 g/mol. The van der Waals surface area contributed by atoms with Crippen molar-refractivity contribution in [1.29, 1.82) is 0 Å². The van der Waals surface area contributed by atoms with Crippen molar-refractivity contribution in [2.45, 2.75) is 60.9 Å². The fourth-order valence-electron chi connectivity index (χ4n) is 4.06. The first kappa shape index (κ1) is 23.1.